The van der Waals surface area contributed by atoms with E-state index in [0.717, 1.165) is 42.9 Å². The zero-order chi connectivity index (χ0) is 28.7. The fourth-order valence-electron chi connectivity index (χ4n) is 3.58. The second-order valence-corrected chi connectivity index (χ2v) is 9.44. The summed E-state index contributed by atoms with van der Waals surface area (Å²) in [6, 6.07) is 14.7. The molecule has 3 aromatic rings. The van der Waals surface area contributed by atoms with Crippen LogP contribution in [0.1, 0.15) is 47.7 Å². The molecular weight excluding hydrogens is 502 g/mol. The Morgan fingerprint density at radius 2 is 1.82 bits per heavy atom. The maximum atomic E-state index is 12.0. The summed E-state index contributed by atoms with van der Waals surface area (Å²) in [6.07, 6.45) is 7.43. The number of carbonyl (C=O) groups excluding carboxylic acids is 2. The minimum atomic E-state index is -0.478. The number of benzene rings is 2. The van der Waals surface area contributed by atoms with Gasteiger partial charge < -0.3 is 26.6 Å². The largest absolute Gasteiger partial charge is 0.385 e. The van der Waals surface area contributed by atoms with E-state index in [1.54, 1.807) is 36.5 Å². The normalized spacial score (nSPS) is 10.7. The topological polar surface area (TPSA) is 125 Å². The van der Waals surface area contributed by atoms with Gasteiger partial charge in [0.25, 0.3) is 0 Å². The molecule has 0 bridgehead atoms. The molecule has 5 N–H and O–H groups in total. The number of nitrogens with two attached hydrogens (primary N) is 1. The van der Waals surface area contributed by atoms with Crippen LogP contribution < -0.4 is 21.7 Å². The minimum absolute atomic E-state index is 0.139. The summed E-state index contributed by atoms with van der Waals surface area (Å²) < 4.78 is 0. The first-order valence-electron chi connectivity index (χ1n) is 13.3. The maximum Gasteiger partial charge on any atom is 0.248 e. The number of aromatic nitrogens is 2. The number of primary amides is 1. The molecule has 0 aliphatic carbocycles. The third-order valence-corrected chi connectivity index (χ3v) is 5.66. The lowest BCUT2D eigenvalue weighted by atomic mass is 10.1. The number of anilines is 4. The van der Waals surface area contributed by atoms with Crippen LogP contribution in [0.3, 0.4) is 0 Å². The lowest BCUT2D eigenvalue weighted by Gasteiger charge is -2.10. The maximum absolute atomic E-state index is 12.0. The van der Waals surface area contributed by atoms with Gasteiger partial charge in [-0.1, -0.05) is 30.9 Å². The molecule has 0 radical (unpaired) electrons. The molecule has 1 heterocycles. The van der Waals surface area contributed by atoms with Gasteiger partial charge in [-0.05, 0) is 75.5 Å². The number of hydrogen-bond acceptors (Lipinski definition) is 8. The van der Waals surface area contributed by atoms with Crippen LogP contribution in [-0.4, -0.2) is 60.3 Å². The molecule has 0 spiro atoms. The van der Waals surface area contributed by atoms with Gasteiger partial charge in [0.1, 0.15) is 5.82 Å². The third-order valence-electron chi connectivity index (χ3n) is 5.66. The fourth-order valence-corrected chi connectivity index (χ4v) is 3.58. The number of nitrogens with zero attached hydrogens (tertiary/aromatic N) is 3. The van der Waals surface area contributed by atoms with E-state index in [-0.39, 0.29) is 5.78 Å². The van der Waals surface area contributed by atoms with Gasteiger partial charge in [0, 0.05) is 48.6 Å². The molecule has 40 heavy (non-hydrogen) atoms. The molecule has 208 valence electrons. The van der Waals surface area contributed by atoms with Crippen LogP contribution in [0.4, 0.5) is 23.1 Å². The van der Waals surface area contributed by atoms with Crippen LogP contribution in [0.5, 0.6) is 0 Å². The molecule has 9 nitrogen and oxygen atoms in total. The van der Waals surface area contributed by atoms with Crippen molar-refractivity contribution in [2.75, 3.05) is 49.7 Å². The highest BCUT2D eigenvalue weighted by atomic mass is 16.1. The van der Waals surface area contributed by atoms with Gasteiger partial charge >= 0.3 is 0 Å². The number of hydrogen-bond donors (Lipinski definition) is 4. The summed E-state index contributed by atoms with van der Waals surface area (Å²) in [7, 11) is 3.94. The summed E-state index contributed by atoms with van der Waals surface area (Å²) in [6.45, 7) is 4.28. The smallest absolute Gasteiger partial charge is 0.248 e. The van der Waals surface area contributed by atoms with Gasteiger partial charge in [0.2, 0.25) is 11.9 Å². The summed E-state index contributed by atoms with van der Waals surface area (Å²) >= 11 is 0. The van der Waals surface area contributed by atoms with Gasteiger partial charge in [-0.2, -0.15) is 4.98 Å². The predicted molar refractivity (Wildman–Crippen MR) is 162 cm³/mol. The first-order valence-corrected chi connectivity index (χ1v) is 13.3. The predicted octanol–water partition coefficient (Wildman–Crippen LogP) is 4.42. The third kappa shape index (κ3) is 10.2. The standard InChI is InChI=1S/C31H37N7O2/c1-4-18-34-30-25(22-35-31(37-30)36-26-16-14-24(15-17-26)29(32)40)13-12-23-8-5-9-27(21-23)33-19-6-10-28(39)11-7-20-38(2)3/h5,7-9,11,14-17,21-22,33H,4,6,10,18-20H2,1-3H3,(H2,32,40)(H2,34,35,36,37)/b11-7+. The van der Waals surface area contributed by atoms with Crippen molar-refractivity contribution in [3.63, 3.8) is 0 Å². The van der Waals surface area contributed by atoms with Gasteiger partial charge in [-0.15, -0.1) is 0 Å². The lowest BCUT2D eigenvalue weighted by Crippen LogP contribution is -2.11. The number of rotatable bonds is 14. The number of likely N-dealkylation sites (N-methyl/N-ethyl adjacent to an activating group) is 1. The average Bonchev–Trinajstić information content (AvgIpc) is 2.94. The summed E-state index contributed by atoms with van der Waals surface area (Å²) in [5.74, 6) is 7.10. The zero-order valence-corrected chi connectivity index (χ0v) is 23.3. The Morgan fingerprint density at radius 1 is 1.02 bits per heavy atom. The Balaban J connectivity index is 1.63. The molecule has 0 fully saturated rings. The highest BCUT2D eigenvalue weighted by Gasteiger charge is 2.07. The fraction of sp³-hybridized carbons (Fsp3) is 0.290. The van der Waals surface area contributed by atoms with Crippen molar-refractivity contribution in [1.29, 1.82) is 0 Å². The molecule has 9 heteroatoms. The monoisotopic (exact) mass is 539 g/mol. The molecule has 0 unspecified atom stereocenters. The first kappa shape index (κ1) is 29.9. The second-order valence-electron chi connectivity index (χ2n) is 9.44. The van der Waals surface area contributed by atoms with Crippen LogP contribution in [0.15, 0.2) is 66.9 Å². The van der Waals surface area contributed by atoms with Crippen molar-refractivity contribution in [3.05, 3.63) is 83.6 Å². The van der Waals surface area contributed by atoms with Crippen molar-refractivity contribution in [1.82, 2.24) is 14.9 Å². The number of amides is 1. The van der Waals surface area contributed by atoms with Crippen LogP contribution in [-0.2, 0) is 4.79 Å². The van der Waals surface area contributed by atoms with Crippen LogP contribution in [0.25, 0.3) is 0 Å². The molecule has 0 saturated carbocycles. The number of carbonyl (C=O) groups is 2. The van der Waals surface area contributed by atoms with E-state index in [0.29, 0.717) is 35.9 Å². The van der Waals surface area contributed by atoms with E-state index >= 15 is 0 Å². The Hall–Kier alpha value is -4.68. The van der Waals surface area contributed by atoms with E-state index < -0.39 is 5.91 Å². The van der Waals surface area contributed by atoms with Crippen molar-refractivity contribution in [3.8, 4) is 11.8 Å². The van der Waals surface area contributed by atoms with Gasteiger partial charge in [0.15, 0.2) is 5.78 Å². The Kier molecular flexibility index (Phi) is 11.7. The molecule has 0 saturated heterocycles. The summed E-state index contributed by atoms with van der Waals surface area (Å²) in [5, 5.41) is 9.83. The van der Waals surface area contributed by atoms with Crippen molar-refractivity contribution in [2.24, 2.45) is 5.73 Å². The van der Waals surface area contributed by atoms with Gasteiger partial charge in [-0.3, -0.25) is 9.59 Å². The van der Waals surface area contributed by atoms with Crippen LogP contribution in [0.2, 0.25) is 0 Å². The highest BCUT2D eigenvalue weighted by molar-refractivity contribution is 5.93. The van der Waals surface area contributed by atoms with Crippen molar-refractivity contribution >= 4 is 34.8 Å². The Labute approximate surface area is 236 Å². The number of ketones is 1. The van der Waals surface area contributed by atoms with Crippen molar-refractivity contribution in [2.45, 2.75) is 26.2 Å². The molecule has 0 atom stereocenters. The molecule has 0 aliphatic heterocycles. The molecule has 0 aliphatic rings. The van der Waals surface area contributed by atoms with Crippen LogP contribution in [0, 0.1) is 11.8 Å². The van der Waals surface area contributed by atoms with Crippen molar-refractivity contribution < 1.29 is 9.59 Å². The van der Waals surface area contributed by atoms with Gasteiger partial charge in [0.05, 0.1) is 11.8 Å². The molecule has 2 aromatic carbocycles. The summed E-state index contributed by atoms with van der Waals surface area (Å²) in [4.78, 5) is 34.3. The SMILES string of the molecule is CCCNc1nc(Nc2ccc(C(N)=O)cc2)ncc1C#Cc1cccc(NCCCC(=O)/C=C/CN(C)C)c1. The minimum Gasteiger partial charge on any atom is -0.385 e. The lowest BCUT2D eigenvalue weighted by molar-refractivity contribution is -0.114. The Morgan fingerprint density at radius 3 is 2.55 bits per heavy atom. The quantitative estimate of drug-likeness (QED) is 0.135. The number of allylic oxidation sites excluding steroid dienone is 1. The average molecular weight is 540 g/mol. The first-order chi connectivity index (χ1) is 19.3. The summed E-state index contributed by atoms with van der Waals surface area (Å²) in [5.41, 5.74) is 8.96. The van der Waals surface area contributed by atoms with E-state index in [1.807, 2.05) is 49.3 Å². The number of nitrogens with one attached hydrogen (secondary N) is 3. The molecular formula is C31H37N7O2. The van der Waals surface area contributed by atoms with Crippen LogP contribution >= 0.6 is 0 Å². The highest BCUT2D eigenvalue weighted by Crippen LogP contribution is 2.18. The van der Waals surface area contributed by atoms with E-state index in [1.165, 1.54) is 0 Å². The van der Waals surface area contributed by atoms with E-state index in [9.17, 15) is 9.59 Å². The Bertz CT molecular complexity index is 1370. The van der Waals surface area contributed by atoms with Gasteiger partial charge in [-0.25, -0.2) is 4.98 Å². The second kappa shape index (κ2) is 15.7. The zero-order valence-electron chi connectivity index (χ0n) is 23.3. The molecule has 3 rings (SSSR count). The van der Waals surface area contributed by atoms with E-state index in [2.05, 4.69) is 44.7 Å². The molecule has 1 aromatic heterocycles. The molecule has 1 amide bonds. The van der Waals surface area contributed by atoms with E-state index in [4.69, 9.17) is 5.73 Å².